The molecule has 2 saturated heterocycles. The molecule has 0 radical (unpaired) electrons. The normalized spacial score (nSPS) is 28.4. The summed E-state index contributed by atoms with van der Waals surface area (Å²) in [5, 5.41) is 2.23. The lowest BCUT2D eigenvalue weighted by molar-refractivity contribution is -0.245. The van der Waals surface area contributed by atoms with Crippen molar-refractivity contribution in [1.82, 2.24) is 0 Å². The van der Waals surface area contributed by atoms with Gasteiger partial charge in [-0.25, -0.2) is 0 Å². The Balaban J connectivity index is 1.77. The van der Waals surface area contributed by atoms with Gasteiger partial charge >= 0.3 is 0 Å². The van der Waals surface area contributed by atoms with Crippen LogP contribution in [-0.4, -0.2) is 51.9 Å². The molecule has 2 heterocycles. The van der Waals surface area contributed by atoms with Gasteiger partial charge in [0.15, 0.2) is 12.1 Å². The first-order valence-electron chi connectivity index (χ1n) is 11.8. The Bertz CT molecular complexity index is 971. The molecule has 182 valence electrons. The molecule has 2 aromatic rings. The van der Waals surface area contributed by atoms with Gasteiger partial charge < -0.3 is 23.4 Å². The zero-order valence-corrected chi connectivity index (χ0v) is 22.0. The second-order valence-electron chi connectivity index (χ2n) is 10.6. The van der Waals surface area contributed by atoms with E-state index >= 15 is 0 Å². The number of hydrogen-bond acceptors (Lipinski definition) is 5. The van der Waals surface area contributed by atoms with Gasteiger partial charge in [0.1, 0.15) is 17.8 Å². The summed E-state index contributed by atoms with van der Waals surface area (Å²) < 4.78 is 31.9. The zero-order chi connectivity index (χ0) is 24.6. The molecule has 2 aliphatic rings. The van der Waals surface area contributed by atoms with Gasteiger partial charge in [0.25, 0.3) is 8.32 Å². The summed E-state index contributed by atoms with van der Waals surface area (Å²) in [6.07, 6.45) is 4.81. The molecule has 4 rings (SSSR count). The quantitative estimate of drug-likeness (QED) is 0.445. The highest BCUT2D eigenvalue weighted by atomic mass is 28.4. The molecule has 0 bridgehead atoms. The Hall–Kier alpha value is -1.98. The van der Waals surface area contributed by atoms with Crippen LogP contribution in [-0.2, 0) is 23.4 Å². The topological polar surface area (TPSA) is 46.2 Å². The van der Waals surface area contributed by atoms with Crippen molar-refractivity contribution in [1.29, 1.82) is 0 Å². The van der Waals surface area contributed by atoms with E-state index in [-0.39, 0.29) is 17.7 Å². The molecule has 0 N–H and O–H groups in total. The summed E-state index contributed by atoms with van der Waals surface area (Å²) in [6.45, 7) is 10.8. The number of rotatable bonds is 7. The SMILES string of the molecule is C#CC[C@]1(CO[Si](c2ccccc2)(c2ccccc2)C(C)(C)C)O[C@@H]2OC(C)(C)O[C@@H]2[C@@H]1OC. The molecule has 0 aliphatic carbocycles. The van der Waals surface area contributed by atoms with Gasteiger partial charge in [-0.2, -0.15) is 0 Å². The molecule has 0 amide bonds. The molecule has 5 nitrogen and oxygen atoms in total. The van der Waals surface area contributed by atoms with Gasteiger partial charge in [-0.05, 0) is 29.3 Å². The number of benzene rings is 2. The van der Waals surface area contributed by atoms with Crippen LogP contribution in [0.25, 0.3) is 0 Å². The Morgan fingerprint density at radius 2 is 1.50 bits per heavy atom. The Morgan fingerprint density at radius 1 is 0.941 bits per heavy atom. The van der Waals surface area contributed by atoms with E-state index in [1.165, 1.54) is 10.4 Å². The van der Waals surface area contributed by atoms with Gasteiger partial charge in [-0.3, -0.25) is 0 Å². The predicted molar refractivity (Wildman–Crippen MR) is 135 cm³/mol. The highest BCUT2D eigenvalue weighted by Crippen LogP contribution is 2.46. The fourth-order valence-corrected chi connectivity index (χ4v) is 10.1. The second kappa shape index (κ2) is 9.23. The van der Waals surface area contributed by atoms with E-state index in [2.05, 4.69) is 75.2 Å². The van der Waals surface area contributed by atoms with Crippen molar-refractivity contribution in [2.75, 3.05) is 13.7 Å². The van der Waals surface area contributed by atoms with Crippen LogP contribution >= 0.6 is 0 Å². The molecular formula is C28H36O5Si. The lowest BCUT2D eigenvalue weighted by Gasteiger charge is -2.45. The van der Waals surface area contributed by atoms with Crippen LogP contribution in [0.3, 0.4) is 0 Å². The third-order valence-corrected chi connectivity index (χ3v) is 11.8. The third-order valence-electron chi connectivity index (χ3n) is 6.86. The van der Waals surface area contributed by atoms with Crippen LogP contribution in [0, 0.1) is 12.3 Å². The molecule has 0 unspecified atom stereocenters. The average molecular weight is 481 g/mol. The van der Waals surface area contributed by atoms with Crippen molar-refractivity contribution in [2.45, 2.75) is 76.0 Å². The monoisotopic (exact) mass is 480 g/mol. The number of fused-ring (bicyclic) bond motifs is 1. The number of hydrogen-bond donors (Lipinski definition) is 0. The van der Waals surface area contributed by atoms with E-state index < -0.39 is 32.1 Å². The molecule has 6 heteroatoms. The summed E-state index contributed by atoms with van der Waals surface area (Å²) in [5.74, 6) is 2.06. The lowest BCUT2D eigenvalue weighted by atomic mass is 9.92. The molecule has 0 aromatic heterocycles. The predicted octanol–water partition coefficient (Wildman–Crippen LogP) is 3.85. The summed E-state index contributed by atoms with van der Waals surface area (Å²) in [6, 6.07) is 21.1. The third kappa shape index (κ3) is 4.26. The molecule has 2 fully saturated rings. The minimum atomic E-state index is -2.79. The zero-order valence-electron chi connectivity index (χ0n) is 21.0. The van der Waals surface area contributed by atoms with Gasteiger partial charge in [0.05, 0.1) is 6.61 Å². The molecule has 2 aromatic carbocycles. The number of methoxy groups -OCH3 is 1. The number of ether oxygens (including phenoxy) is 4. The van der Waals surface area contributed by atoms with Crippen molar-refractivity contribution in [3.8, 4) is 12.3 Å². The number of terminal acetylenes is 1. The van der Waals surface area contributed by atoms with E-state index in [1.807, 2.05) is 26.0 Å². The van der Waals surface area contributed by atoms with Crippen LogP contribution in [0.15, 0.2) is 60.7 Å². The van der Waals surface area contributed by atoms with E-state index in [0.717, 1.165) is 0 Å². The Labute approximate surface area is 204 Å². The highest BCUT2D eigenvalue weighted by Gasteiger charge is 2.63. The van der Waals surface area contributed by atoms with Gasteiger partial charge in [-0.15, -0.1) is 12.3 Å². The summed E-state index contributed by atoms with van der Waals surface area (Å²) in [5.41, 5.74) is -0.887. The van der Waals surface area contributed by atoms with Crippen molar-refractivity contribution in [3.63, 3.8) is 0 Å². The van der Waals surface area contributed by atoms with Crippen LogP contribution in [0.4, 0.5) is 0 Å². The van der Waals surface area contributed by atoms with E-state index in [9.17, 15) is 0 Å². The van der Waals surface area contributed by atoms with Crippen LogP contribution < -0.4 is 10.4 Å². The van der Waals surface area contributed by atoms with E-state index in [1.54, 1.807) is 7.11 Å². The molecule has 0 spiro atoms. The van der Waals surface area contributed by atoms with Gasteiger partial charge in [-0.1, -0.05) is 81.4 Å². The smallest absolute Gasteiger partial charge is 0.261 e. The van der Waals surface area contributed by atoms with Crippen LogP contribution in [0.2, 0.25) is 5.04 Å². The molecule has 4 atom stereocenters. The Morgan fingerprint density at radius 3 is 1.97 bits per heavy atom. The Kier molecular flexibility index (Phi) is 6.82. The molecule has 34 heavy (non-hydrogen) atoms. The second-order valence-corrected chi connectivity index (χ2v) is 14.9. The van der Waals surface area contributed by atoms with Crippen LogP contribution in [0.5, 0.6) is 0 Å². The first-order valence-corrected chi connectivity index (χ1v) is 13.7. The van der Waals surface area contributed by atoms with Crippen molar-refractivity contribution >= 4 is 18.7 Å². The van der Waals surface area contributed by atoms with Crippen molar-refractivity contribution < 1.29 is 23.4 Å². The fourth-order valence-electron chi connectivity index (χ4n) is 5.47. The van der Waals surface area contributed by atoms with Crippen LogP contribution in [0.1, 0.15) is 41.0 Å². The average Bonchev–Trinajstić information content (AvgIpc) is 3.22. The molecule has 0 saturated carbocycles. The molecular weight excluding hydrogens is 444 g/mol. The standard InChI is InChI=1S/C28H36O5Si/c1-8-19-28(24(29-7)23-25(33-28)32-27(5,6)31-23)20-30-34(26(2,3)4,21-15-11-9-12-16-21)22-17-13-10-14-18-22/h1,9-18,23-25H,19-20H2,2-7H3/t23-,24+,25+,28-/m1/s1. The summed E-state index contributed by atoms with van der Waals surface area (Å²) in [7, 11) is -1.12. The fraction of sp³-hybridized carbons (Fsp3) is 0.500. The van der Waals surface area contributed by atoms with Gasteiger partial charge in [0, 0.05) is 13.5 Å². The van der Waals surface area contributed by atoms with Gasteiger partial charge in [0.2, 0.25) is 0 Å². The van der Waals surface area contributed by atoms with E-state index in [0.29, 0.717) is 6.42 Å². The minimum Gasteiger partial charge on any atom is -0.404 e. The van der Waals surface area contributed by atoms with Crippen molar-refractivity contribution in [2.24, 2.45) is 0 Å². The first kappa shape index (κ1) is 25.1. The maximum absolute atomic E-state index is 7.18. The van der Waals surface area contributed by atoms with Crippen molar-refractivity contribution in [3.05, 3.63) is 60.7 Å². The summed E-state index contributed by atoms with van der Waals surface area (Å²) >= 11 is 0. The lowest BCUT2D eigenvalue weighted by Crippen LogP contribution is -2.68. The highest BCUT2D eigenvalue weighted by molar-refractivity contribution is 6.99. The summed E-state index contributed by atoms with van der Waals surface area (Å²) in [4.78, 5) is 0. The van der Waals surface area contributed by atoms with E-state index in [4.69, 9.17) is 29.8 Å². The maximum Gasteiger partial charge on any atom is 0.261 e. The first-order chi connectivity index (χ1) is 16.1. The maximum atomic E-state index is 7.18. The largest absolute Gasteiger partial charge is 0.404 e. The minimum absolute atomic E-state index is 0.168. The molecule has 2 aliphatic heterocycles.